The number of hydrogen-bond donors (Lipinski definition) is 0. The van der Waals surface area contributed by atoms with Crippen molar-refractivity contribution in [3.63, 3.8) is 0 Å². The minimum absolute atomic E-state index is 0.0940. The molecular weight excluding hydrogens is 615 g/mol. The summed E-state index contributed by atoms with van der Waals surface area (Å²) in [5, 5.41) is 0. The van der Waals surface area contributed by atoms with Crippen LogP contribution in [0.2, 0.25) is 0 Å². The summed E-state index contributed by atoms with van der Waals surface area (Å²) in [5.74, 6) is -0.814. The topological polar surface area (TPSA) is 68.7 Å². The maximum Gasteiger partial charge on any atom is 0.360 e. The summed E-state index contributed by atoms with van der Waals surface area (Å²) in [6, 6.07) is 32.6. The van der Waals surface area contributed by atoms with Crippen LogP contribution in [-0.2, 0) is 4.74 Å². The quantitative estimate of drug-likeness (QED) is 0.122. The molecule has 12 heteroatoms. The van der Waals surface area contributed by atoms with E-state index in [1.807, 2.05) is 84.9 Å². The Hall–Kier alpha value is -5.36. The predicted octanol–water partition coefficient (Wildman–Crippen LogP) is 11.2. The molecule has 0 bridgehead atoms. The summed E-state index contributed by atoms with van der Waals surface area (Å²) in [4.78, 5) is 16.6. The Morgan fingerprint density at radius 2 is 1.16 bits per heavy atom. The second kappa shape index (κ2) is 10.4. The molecule has 0 N–H and O–H groups in total. The number of ether oxygens (including phenoxy) is 1. The number of nitrogens with zero attached hydrogens (tertiary/aromatic N) is 2. The Bertz CT molecular complexity index is 1940. The van der Waals surface area contributed by atoms with Crippen LogP contribution in [0.3, 0.4) is 0 Å². The Labute approximate surface area is 254 Å². The highest BCUT2D eigenvalue weighted by Crippen LogP contribution is 3.02. The minimum Gasteiger partial charge on any atom is -0.464 e. The number of carbonyl (C=O) groups excluding carboxylic acids is 1. The lowest BCUT2D eigenvalue weighted by Crippen LogP contribution is -2.09. The Kier molecular flexibility index (Phi) is 6.85. The van der Waals surface area contributed by atoms with Gasteiger partial charge >= 0.3 is 16.2 Å². The number of anilines is 3. The van der Waals surface area contributed by atoms with Crippen molar-refractivity contribution >= 4 is 33.3 Å². The zero-order valence-corrected chi connectivity index (χ0v) is 24.2. The lowest BCUT2D eigenvalue weighted by Gasteiger charge is -2.40. The van der Waals surface area contributed by atoms with E-state index in [1.165, 1.54) is 0 Å². The first-order valence-corrected chi connectivity index (χ1v) is 15.3. The number of para-hydroxylation sites is 2. The van der Waals surface area contributed by atoms with Gasteiger partial charge in [0.1, 0.15) is 10.7 Å². The fourth-order valence-corrected chi connectivity index (χ4v) is 5.35. The van der Waals surface area contributed by atoms with Crippen LogP contribution in [0.4, 0.5) is 36.5 Å². The Balaban J connectivity index is 1.31. The van der Waals surface area contributed by atoms with Crippen LogP contribution in [0.15, 0.2) is 135 Å². The van der Waals surface area contributed by atoms with E-state index in [0.717, 1.165) is 41.9 Å². The average Bonchev–Trinajstić information content (AvgIpc) is 3.70. The van der Waals surface area contributed by atoms with Crippen molar-refractivity contribution in [1.29, 1.82) is 0 Å². The van der Waals surface area contributed by atoms with Gasteiger partial charge in [-0.3, -0.25) is 0 Å². The second-order valence-corrected chi connectivity index (χ2v) is 12.3. The van der Waals surface area contributed by atoms with Crippen LogP contribution < -0.4 is 4.90 Å². The van der Waals surface area contributed by atoms with E-state index in [9.17, 15) is 24.2 Å². The van der Waals surface area contributed by atoms with Gasteiger partial charge in [0.2, 0.25) is 0 Å². The molecule has 0 saturated heterocycles. The molecule has 0 amide bonds. The maximum atomic E-state index is 13.2. The van der Waals surface area contributed by atoms with Gasteiger partial charge in [0.25, 0.3) is 5.89 Å². The number of carbonyl (C=O) groups is 1. The molecule has 2 heterocycles. The van der Waals surface area contributed by atoms with E-state index in [2.05, 4.69) is 9.88 Å². The molecule has 0 unspecified atom stereocenters. The van der Waals surface area contributed by atoms with Gasteiger partial charge in [0.15, 0.2) is 17.2 Å². The summed E-state index contributed by atoms with van der Waals surface area (Å²) in [7, 11) is -8.81. The third-order valence-corrected chi connectivity index (χ3v) is 7.99. The van der Waals surface area contributed by atoms with Crippen LogP contribution in [0.25, 0.3) is 34.3 Å². The molecule has 0 aliphatic rings. The summed E-state index contributed by atoms with van der Waals surface area (Å²) in [6.45, 7) is 0. The van der Waals surface area contributed by atoms with Crippen molar-refractivity contribution in [3.05, 3.63) is 127 Å². The molecule has 0 radical (unpaired) electrons. The number of esters is 1. The smallest absolute Gasteiger partial charge is 0.360 e. The number of oxazole rings is 1. The standard InChI is InChI=1S/C33H23F5N2O4S/c1-42-33(41)30-31(23-14-18-27(19-15-23)45(34,35,36,37)38)44-32(39-30)29-21-20-28(43-29)22-12-16-26(17-13-22)40(24-8-4-2-5-9-24)25-10-6-3-7-11-25/h2-21H,1H3. The maximum absolute atomic E-state index is 13.2. The highest BCUT2D eigenvalue weighted by atomic mass is 32.5. The number of rotatable bonds is 8. The van der Waals surface area contributed by atoms with E-state index >= 15 is 0 Å². The molecule has 2 aromatic heterocycles. The Morgan fingerprint density at radius 3 is 1.69 bits per heavy atom. The van der Waals surface area contributed by atoms with Gasteiger partial charge in [-0.15, -0.1) is 0 Å². The zero-order valence-electron chi connectivity index (χ0n) is 23.4. The lowest BCUT2D eigenvalue weighted by molar-refractivity contribution is 0.0595. The molecule has 6 aromatic rings. The molecule has 4 aromatic carbocycles. The molecule has 6 rings (SSSR count). The number of hydrogen-bond acceptors (Lipinski definition) is 6. The molecule has 230 valence electrons. The predicted molar refractivity (Wildman–Crippen MR) is 162 cm³/mol. The van der Waals surface area contributed by atoms with E-state index in [4.69, 9.17) is 13.6 Å². The monoisotopic (exact) mass is 638 g/mol. The molecule has 45 heavy (non-hydrogen) atoms. The third-order valence-electron chi connectivity index (χ3n) is 6.82. The van der Waals surface area contributed by atoms with Gasteiger partial charge in [-0.1, -0.05) is 55.8 Å². The van der Waals surface area contributed by atoms with Crippen molar-refractivity contribution in [3.8, 4) is 34.3 Å². The van der Waals surface area contributed by atoms with Gasteiger partial charge in [-0.25, -0.2) is 4.79 Å². The van der Waals surface area contributed by atoms with Gasteiger partial charge in [0.05, 0.1) is 7.11 Å². The number of methoxy groups -OCH3 is 1. The number of benzene rings is 4. The van der Waals surface area contributed by atoms with Gasteiger partial charge in [-0.2, -0.15) is 4.98 Å². The largest absolute Gasteiger partial charge is 0.464 e. The molecular formula is C33H23F5N2O4S. The summed E-state index contributed by atoms with van der Waals surface area (Å²) >= 11 is 0. The Morgan fingerprint density at radius 1 is 0.644 bits per heavy atom. The zero-order chi connectivity index (χ0) is 31.9. The average molecular weight is 639 g/mol. The summed E-state index contributed by atoms with van der Waals surface area (Å²) < 4.78 is 82.4. The molecule has 0 aliphatic heterocycles. The van der Waals surface area contributed by atoms with Crippen molar-refractivity contribution in [2.45, 2.75) is 4.90 Å². The van der Waals surface area contributed by atoms with Crippen molar-refractivity contribution < 1.29 is 37.8 Å². The molecule has 0 fully saturated rings. The van der Waals surface area contributed by atoms with Gasteiger partial charge in [0, 0.05) is 28.2 Å². The number of halogens is 5. The van der Waals surface area contributed by atoms with E-state index in [0.29, 0.717) is 5.76 Å². The first-order chi connectivity index (χ1) is 21.3. The van der Waals surface area contributed by atoms with Crippen LogP contribution in [-0.4, -0.2) is 18.1 Å². The molecule has 0 aliphatic carbocycles. The fraction of sp³-hybridized carbons (Fsp3) is 0.0303. The highest BCUT2D eigenvalue weighted by molar-refractivity contribution is 8.45. The fourth-order valence-electron chi connectivity index (χ4n) is 4.70. The van der Waals surface area contributed by atoms with Gasteiger partial charge < -0.3 is 18.5 Å². The van der Waals surface area contributed by atoms with Crippen LogP contribution in [0.1, 0.15) is 10.5 Å². The number of aromatic nitrogens is 1. The van der Waals surface area contributed by atoms with Crippen LogP contribution >= 0.6 is 10.2 Å². The van der Waals surface area contributed by atoms with Crippen LogP contribution in [0.5, 0.6) is 0 Å². The van der Waals surface area contributed by atoms with E-state index in [1.54, 1.807) is 12.1 Å². The molecule has 0 saturated carbocycles. The minimum atomic E-state index is -9.89. The van der Waals surface area contributed by atoms with Crippen molar-refractivity contribution in [2.75, 3.05) is 12.0 Å². The van der Waals surface area contributed by atoms with E-state index in [-0.39, 0.29) is 40.8 Å². The third kappa shape index (κ3) is 6.18. The SMILES string of the molecule is COC(=O)c1nc(-c2ccc(-c3ccc(N(c4ccccc4)c4ccccc4)cc3)o2)oc1-c1ccc(S(F)(F)(F)(F)F)cc1. The normalized spacial score (nSPS) is 13.1. The van der Waals surface area contributed by atoms with E-state index < -0.39 is 21.1 Å². The molecule has 0 spiro atoms. The van der Waals surface area contributed by atoms with Crippen molar-refractivity contribution in [2.24, 2.45) is 0 Å². The highest BCUT2D eigenvalue weighted by Gasteiger charge is 2.65. The summed E-state index contributed by atoms with van der Waals surface area (Å²) in [5.41, 5.74) is 3.11. The molecule has 0 atom stereocenters. The number of furan rings is 1. The first kappa shape index (κ1) is 29.7. The lowest BCUT2D eigenvalue weighted by atomic mass is 10.1. The van der Waals surface area contributed by atoms with Gasteiger partial charge in [-0.05, 0) is 84.9 Å². The summed E-state index contributed by atoms with van der Waals surface area (Å²) in [6.07, 6.45) is 0. The first-order valence-electron chi connectivity index (χ1n) is 13.4. The second-order valence-electron chi connectivity index (χ2n) is 9.90. The molecule has 6 nitrogen and oxygen atoms in total. The van der Waals surface area contributed by atoms with Crippen LogP contribution in [0, 0.1) is 0 Å². The van der Waals surface area contributed by atoms with Crippen molar-refractivity contribution in [1.82, 2.24) is 4.98 Å².